The van der Waals surface area contributed by atoms with Crippen LogP contribution in [-0.4, -0.2) is 9.13 Å². The molecular weight excluding hydrogens is 933 g/mol. The predicted octanol–water partition coefficient (Wildman–Crippen LogP) is 18.4. The van der Waals surface area contributed by atoms with Crippen molar-refractivity contribution >= 4 is 122 Å². The number of para-hydroxylation sites is 6. The molecule has 15 aromatic rings. The highest BCUT2D eigenvalue weighted by Crippen LogP contribution is 2.47. The third-order valence-electron chi connectivity index (χ3n) is 14.9. The molecule has 0 aliphatic rings. The first-order valence-electron chi connectivity index (χ1n) is 25.2. The summed E-state index contributed by atoms with van der Waals surface area (Å²) in [6.07, 6.45) is 0. The minimum absolute atomic E-state index is 0.251. The van der Waals surface area contributed by atoms with Crippen molar-refractivity contribution in [2.75, 3.05) is 9.80 Å². The van der Waals surface area contributed by atoms with Crippen molar-refractivity contribution in [3.05, 3.63) is 254 Å². The summed E-state index contributed by atoms with van der Waals surface area (Å²) in [5, 5.41) is 30.2. The molecule has 15 rings (SSSR count). The molecule has 76 heavy (non-hydrogen) atoms. The number of hydrogen-bond donors (Lipinski definition) is 0. The van der Waals surface area contributed by atoms with Gasteiger partial charge in [0.05, 0.1) is 49.7 Å². The largest absolute Gasteiger partial charge is 0.455 e. The fourth-order valence-corrected chi connectivity index (χ4v) is 11.7. The Morgan fingerprint density at radius 2 is 0.737 bits per heavy atom. The molecule has 0 saturated carbocycles. The summed E-state index contributed by atoms with van der Waals surface area (Å²) in [5.74, 6) is 0. The Morgan fingerprint density at radius 3 is 1.18 bits per heavy atom. The van der Waals surface area contributed by atoms with Gasteiger partial charge in [0.1, 0.15) is 34.5 Å². The van der Waals surface area contributed by atoms with Gasteiger partial charge < -0.3 is 27.8 Å². The summed E-state index contributed by atoms with van der Waals surface area (Å²) in [4.78, 5) is 4.52. The Morgan fingerprint density at radius 1 is 0.329 bits per heavy atom. The Balaban J connectivity index is 1.03. The average Bonchev–Trinajstić information content (AvgIpc) is 4.24. The highest BCUT2D eigenvalue weighted by molar-refractivity contribution is 6.26. The quantitative estimate of drug-likeness (QED) is 0.151. The van der Waals surface area contributed by atoms with Gasteiger partial charge >= 0.3 is 0 Å². The Labute approximate surface area is 435 Å². The first kappa shape index (κ1) is 42.8. The molecule has 4 heterocycles. The van der Waals surface area contributed by atoms with E-state index in [2.05, 4.69) is 207 Å². The average molecular weight is 973 g/mol. The summed E-state index contributed by atoms with van der Waals surface area (Å²) >= 11 is 0. The summed E-state index contributed by atoms with van der Waals surface area (Å²) in [7, 11) is 0. The molecule has 0 unspecified atom stereocenters. The maximum absolute atomic E-state index is 11.3. The van der Waals surface area contributed by atoms with E-state index in [4.69, 9.17) is 8.83 Å². The zero-order valence-corrected chi connectivity index (χ0v) is 40.6. The second-order valence-electron chi connectivity index (χ2n) is 19.1. The first-order chi connectivity index (χ1) is 37.6. The number of nitrogens with zero attached hydrogens (tertiary/aromatic N) is 6. The van der Waals surface area contributed by atoms with Gasteiger partial charge in [-0.05, 0) is 133 Å². The fraction of sp³-hybridized carbons (Fsp3) is 0. The topological polar surface area (TPSA) is 90.2 Å². The summed E-state index contributed by atoms with van der Waals surface area (Å²) in [6, 6.07) is 88.2. The number of fused-ring (bicyclic) bond motifs is 14. The number of aromatic nitrogens is 2. The second kappa shape index (κ2) is 16.9. The maximum atomic E-state index is 11.3. The number of rotatable bonds is 8. The van der Waals surface area contributed by atoms with E-state index >= 15 is 0 Å². The van der Waals surface area contributed by atoms with Gasteiger partial charge in [0.15, 0.2) is 0 Å². The lowest BCUT2D eigenvalue weighted by Gasteiger charge is -2.25. The van der Waals surface area contributed by atoms with Crippen LogP contribution in [0.3, 0.4) is 0 Å². The number of hydrogen-bond acceptors (Lipinski definition) is 6. The van der Waals surface area contributed by atoms with Crippen LogP contribution in [0.5, 0.6) is 0 Å². The standard InChI is InChI=1S/C68H40N6O2/c69-41-43-37-50(73-58-33-29-48(71(44-17-5-1-6-18-44)45-19-7-2-8-20-45)38-55(58)65-60(73)35-31-53-51-25-13-15-27-63(51)75-67(53)65)40-62(57(43)42-70)74-59-34-30-49(72(46-21-9-3-10-22-46)47-23-11-4-12-24-47)39-56(59)66-61(74)36-32-54-52-26-14-16-28-64(52)76-68(54)66/h1-40H. The molecule has 0 fully saturated rings. The molecule has 0 amide bonds. The number of anilines is 6. The monoisotopic (exact) mass is 972 g/mol. The van der Waals surface area contributed by atoms with Crippen molar-refractivity contribution in [2.45, 2.75) is 0 Å². The van der Waals surface area contributed by atoms with Crippen molar-refractivity contribution in [2.24, 2.45) is 0 Å². The van der Waals surface area contributed by atoms with Crippen LogP contribution in [0.4, 0.5) is 34.1 Å². The van der Waals surface area contributed by atoms with Crippen LogP contribution in [0.15, 0.2) is 251 Å². The van der Waals surface area contributed by atoms with Gasteiger partial charge in [-0.15, -0.1) is 0 Å². The number of furan rings is 2. The van der Waals surface area contributed by atoms with Crippen molar-refractivity contribution in [1.29, 1.82) is 10.5 Å². The van der Waals surface area contributed by atoms with Gasteiger partial charge in [0, 0.05) is 72.1 Å². The molecule has 11 aromatic carbocycles. The molecule has 0 N–H and O–H groups in total. The van der Waals surface area contributed by atoms with Crippen LogP contribution in [0, 0.1) is 22.7 Å². The van der Waals surface area contributed by atoms with Crippen LogP contribution >= 0.6 is 0 Å². The number of nitriles is 2. The molecule has 0 spiro atoms. The van der Waals surface area contributed by atoms with Crippen molar-refractivity contribution in [3.63, 3.8) is 0 Å². The van der Waals surface area contributed by atoms with E-state index in [1.54, 1.807) is 0 Å². The lowest BCUT2D eigenvalue weighted by molar-refractivity contribution is 0.672. The third-order valence-corrected chi connectivity index (χ3v) is 14.9. The van der Waals surface area contributed by atoms with Crippen LogP contribution in [0.25, 0.3) is 98.9 Å². The molecule has 0 atom stereocenters. The van der Waals surface area contributed by atoms with Gasteiger partial charge in [0.2, 0.25) is 0 Å². The molecule has 4 aromatic heterocycles. The lowest BCUT2D eigenvalue weighted by atomic mass is 10.0. The minimum atomic E-state index is 0.251. The van der Waals surface area contributed by atoms with E-state index in [-0.39, 0.29) is 11.1 Å². The normalized spacial score (nSPS) is 11.7. The lowest BCUT2D eigenvalue weighted by Crippen LogP contribution is -2.09. The molecule has 354 valence electrons. The molecule has 0 aliphatic carbocycles. The molecule has 0 bridgehead atoms. The Kier molecular flexibility index (Phi) is 9.52. The van der Waals surface area contributed by atoms with E-state index in [9.17, 15) is 10.5 Å². The van der Waals surface area contributed by atoms with E-state index < -0.39 is 0 Å². The highest BCUT2D eigenvalue weighted by atomic mass is 16.3. The summed E-state index contributed by atoms with van der Waals surface area (Å²) < 4.78 is 18.1. The van der Waals surface area contributed by atoms with Gasteiger partial charge in [-0.1, -0.05) is 109 Å². The van der Waals surface area contributed by atoms with E-state index in [0.29, 0.717) is 11.4 Å². The first-order valence-corrected chi connectivity index (χ1v) is 25.2. The number of benzene rings is 11. The minimum Gasteiger partial charge on any atom is -0.455 e. The molecule has 0 aliphatic heterocycles. The molecule has 8 heteroatoms. The summed E-state index contributed by atoms with van der Waals surface area (Å²) in [6.45, 7) is 0. The molecule has 8 nitrogen and oxygen atoms in total. The Bertz CT molecular complexity index is 4820. The van der Waals surface area contributed by atoms with Crippen LogP contribution < -0.4 is 9.80 Å². The molecule has 0 saturated heterocycles. The molecule has 0 radical (unpaired) electrons. The van der Waals surface area contributed by atoms with Crippen LogP contribution in [-0.2, 0) is 0 Å². The Hall–Kier alpha value is -10.8. The smallest absolute Gasteiger partial charge is 0.145 e. The zero-order valence-electron chi connectivity index (χ0n) is 40.6. The van der Waals surface area contributed by atoms with Crippen LogP contribution in [0.1, 0.15) is 11.1 Å². The van der Waals surface area contributed by atoms with Crippen molar-refractivity contribution in [3.8, 4) is 23.5 Å². The maximum Gasteiger partial charge on any atom is 0.145 e. The van der Waals surface area contributed by atoms with E-state index in [1.807, 2.05) is 66.7 Å². The van der Waals surface area contributed by atoms with Gasteiger partial charge in [-0.3, -0.25) is 0 Å². The fourth-order valence-electron chi connectivity index (χ4n) is 11.7. The third kappa shape index (κ3) is 6.42. The highest BCUT2D eigenvalue weighted by Gasteiger charge is 2.27. The van der Waals surface area contributed by atoms with E-state index in [0.717, 1.165) is 122 Å². The van der Waals surface area contributed by atoms with Gasteiger partial charge in [0.25, 0.3) is 0 Å². The SMILES string of the molecule is N#Cc1cc(-n2c3ccc(N(c4ccccc4)c4ccccc4)cc3c3c4oc5ccccc5c4ccc32)cc(-n2c3ccc(N(c4ccccc4)c4ccccc4)cc3c3c4oc5ccccc5c4ccc32)c1C#N. The summed E-state index contributed by atoms with van der Waals surface area (Å²) in [5.41, 5.74) is 14.4. The predicted molar refractivity (Wildman–Crippen MR) is 308 cm³/mol. The second-order valence-corrected chi connectivity index (χ2v) is 19.1. The van der Waals surface area contributed by atoms with Gasteiger partial charge in [-0.2, -0.15) is 10.5 Å². The van der Waals surface area contributed by atoms with Crippen molar-refractivity contribution in [1.82, 2.24) is 9.13 Å². The van der Waals surface area contributed by atoms with Gasteiger partial charge in [-0.25, -0.2) is 0 Å². The van der Waals surface area contributed by atoms with E-state index in [1.165, 1.54) is 0 Å². The molecular formula is C68H40N6O2. The van der Waals surface area contributed by atoms with Crippen molar-refractivity contribution < 1.29 is 8.83 Å². The van der Waals surface area contributed by atoms with Crippen LogP contribution in [0.2, 0.25) is 0 Å². The zero-order chi connectivity index (χ0) is 50.4.